The van der Waals surface area contributed by atoms with Crippen LogP contribution in [0, 0.1) is 17.8 Å². The zero-order chi connectivity index (χ0) is 13.3. The van der Waals surface area contributed by atoms with Gasteiger partial charge in [-0.25, -0.2) is 0 Å². The van der Waals surface area contributed by atoms with Crippen molar-refractivity contribution in [1.29, 1.82) is 0 Å². The molecule has 104 valence electrons. The smallest absolute Gasteiger partial charge is 0.308 e. The first-order chi connectivity index (χ1) is 8.38. The third-order valence-electron chi connectivity index (χ3n) is 4.22. The Bertz CT molecular complexity index is 311. The number of hydrogen-bond acceptors (Lipinski definition) is 3. The molecule has 2 aliphatic rings. The molecular weight excluding hydrogens is 230 g/mol. The quantitative estimate of drug-likeness (QED) is 0.737. The summed E-state index contributed by atoms with van der Waals surface area (Å²) in [6.45, 7) is 7.48. The van der Waals surface area contributed by atoms with Crippen LogP contribution in [-0.4, -0.2) is 35.9 Å². The molecule has 0 aromatic carbocycles. The molecule has 2 bridgehead atoms. The van der Waals surface area contributed by atoms with Gasteiger partial charge in [-0.2, -0.15) is 0 Å². The Morgan fingerprint density at radius 1 is 1.33 bits per heavy atom. The van der Waals surface area contributed by atoms with E-state index in [0.717, 1.165) is 19.4 Å². The highest BCUT2D eigenvalue weighted by molar-refractivity contribution is 5.72. The molecule has 0 aliphatic heterocycles. The Hall–Kier alpha value is -0.610. The van der Waals surface area contributed by atoms with Crippen LogP contribution in [-0.2, 0) is 9.53 Å². The van der Waals surface area contributed by atoms with E-state index in [9.17, 15) is 9.90 Å². The Morgan fingerprint density at radius 3 is 2.61 bits per heavy atom. The van der Waals surface area contributed by atoms with Gasteiger partial charge in [-0.1, -0.05) is 0 Å². The molecule has 4 atom stereocenters. The van der Waals surface area contributed by atoms with Crippen molar-refractivity contribution < 1.29 is 14.6 Å². The van der Waals surface area contributed by atoms with Gasteiger partial charge < -0.3 is 15.2 Å². The normalized spacial score (nSPS) is 35.1. The zero-order valence-corrected chi connectivity index (χ0v) is 11.6. The fourth-order valence-electron chi connectivity index (χ4n) is 3.52. The summed E-state index contributed by atoms with van der Waals surface area (Å²) in [5.41, 5.74) is -0.122. The fourth-order valence-corrected chi connectivity index (χ4v) is 3.52. The van der Waals surface area contributed by atoms with E-state index in [1.165, 1.54) is 6.42 Å². The van der Waals surface area contributed by atoms with E-state index in [2.05, 4.69) is 5.32 Å². The van der Waals surface area contributed by atoms with E-state index >= 15 is 0 Å². The fraction of sp³-hybridized carbons (Fsp3) is 0.929. The van der Waals surface area contributed by atoms with Crippen molar-refractivity contribution in [1.82, 2.24) is 5.32 Å². The first-order valence-electron chi connectivity index (χ1n) is 6.98. The predicted molar refractivity (Wildman–Crippen MR) is 69.5 cm³/mol. The summed E-state index contributed by atoms with van der Waals surface area (Å²) in [7, 11) is 0. The van der Waals surface area contributed by atoms with E-state index in [1.807, 2.05) is 20.8 Å². The molecule has 18 heavy (non-hydrogen) atoms. The molecule has 0 amide bonds. The molecule has 2 fully saturated rings. The van der Waals surface area contributed by atoms with Crippen molar-refractivity contribution in [2.45, 2.75) is 51.7 Å². The van der Waals surface area contributed by atoms with Crippen LogP contribution < -0.4 is 5.32 Å². The van der Waals surface area contributed by atoms with Crippen LogP contribution in [0.25, 0.3) is 0 Å². The number of carboxylic acids is 1. The van der Waals surface area contributed by atoms with Gasteiger partial charge in [-0.3, -0.25) is 4.79 Å². The van der Waals surface area contributed by atoms with Gasteiger partial charge in [-0.05, 0) is 51.9 Å². The first kappa shape index (κ1) is 13.8. The molecule has 0 aromatic heterocycles. The molecule has 2 aliphatic carbocycles. The molecule has 0 aromatic rings. The predicted octanol–water partition coefficient (Wildman–Crippen LogP) is 1.89. The van der Waals surface area contributed by atoms with Gasteiger partial charge in [0, 0.05) is 12.6 Å². The van der Waals surface area contributed by atoms with E-state index in [0.29, 0.717) is 18.4 Å². The average molecular weight is 255 g/mol. The van der Waals surface area contributed by atoms with Crippen molar-refractivity contribution in [3.05, 3.63) is 0 Å². The van der Waals surface area contributed by atoms with Crippen LogP contribution in [0.15, 0.2) is 0 Å². The van der Waals surface area contributed by atoms with E-state index < -0.39 is 5.97 Å². The third kappa shape index (κ3) is 3.04. The van der Waals surface area contributed by atoms with Crippen LogP contribution in [0.5, 0.6) is 0 Å². The molecule has 0 heterocycles. The Balaban J connectivity index is 1.80. The molecule has 0 saturated heterocycles. The number of carboxylic acid groups (broad SMARTS) is 1. The number of hydrogen-bond donors (Lipinski definition) is 2. The maximum absolute atomic E-state index is 11.3. The number of carbonyl (C=O) groups is 1. The average Bonchev–Trinajstić information content (AvgIpc) is 2.82. The number of aliphatic carboxylic acids is 1. The summed E-state index contributed by atoms with van der Waals surface area (Å²) < 4.78 is 5.66. The summed E-state index contributed by atoms with van der Waals surface area (Å²) in [4.78, 5) is 11.3. The molecular formula is C14H25NO3. The van der Waals surface area contributed by atoms with Crippen LogP contribution in [0.1, 0.15) is 40.0 Å². The maximum atomic E-state index is 11.3. The van der Waals surface area contributed by atoms with Crippen LogP contribution in [0.4, 0.5) is 0 Å². The second-order valence-corrected chi connectivity index (χ2v) is 6.64. The molecule has 4 heteroatoms. The van der Waals surface area contributed by atoms with Gasteiger partial charge >= 0.3 is 5.97 Å². The van der Waals surface area contributed by atoms with Crippen molar-refractivity contribution in [2.75, 3.05) is 13.2 Å². The lowest BCUT2D eigenvalue weighted by Crippen LogP contribution is -2.45. The minimum absolute atomic E-state index is 0.122. The van der Waals surface area contributed by atoms with Gasteiger partial charge in [0.25, 0.3) is 0 Å². The lowest BCUT2D eigenvalue weighted by molar-refractivity contribution is -0.144. The lowest BCUT2D eigenvalue weighted by Gasteiger charge is -2.29. The number of fused-ring (bicyclic) bond motifs is 2. The third-order valence-corrected chi connectivity index (χ3v) is 4.22. The van der Waals surface area contributed by atoms with Crippen LogP contribution in [0.3, 0.4) is 0 Å². The molecule has 0 spiro atoms. The minimum Gasteiger partial charge on any atom is -0.481 e. The maximum Gasteiger partial charge on any atom is 0.308 e. The Morgan fingerprint density at radius 2 is 2.00 bits per heavy atom. The molecule has 2 N–H and O–H groups in total. The number of ether oxygens (including phenoxy) is 1. The van der Waals surface area contributed by atoms with Gasteiger partial charge in [0.05, 0.1) is 18.1 Å². The second-order valence-electron chi connectivity index (χ2n) is 6.64. The molecule has 4 nitrogen and oxygen atoms in total. The van der Waals surface area contributed by atoms with Crippen molar-refractivity contribution in [2.24, 2.45) is 17.8 Å². The van der Waals surface area contributed by atoms with Crippen molar-refractivity contribution >= 4 is 5.97 Å². The minimum atomic E-state index is -0.628. The SMILES string of the molecule is CC(C)(C)OCCNC1C2CCC(C2)C1C(=O)O. The summed E-state index contributed by atoms with van der Waals surface area (Å²) in [5.74, 6) is 0.147. The first-order valence-corrected chi connectivity index (χ1v) is 6.98. The van der Waals surface area contributed by atoms with Crippen molar-refractivity contribution in [3.8, 4) is 0 Å². The van der Waals surface area contributed by atoms with E-state index in [1.54, 1.807) is 0 Å². The topological polar surface area (TPSA) is 58.6 Å². The molecule has 0 radical (unpaired) electrons. The van der Waals surface area contributed by atoms with Gasteiger partial charge in [0.2, 0.25) is 0 Å². The monoisotopic (exact) mass is 255 g/mol. The zero-order valence-electron chi connectivity index (χ0n) is 11.6. The molecule has 2 saturated carbocycles. The van der Waals surface area contributed by atoms with Gasteiger partial charge in [0.1, 0.15) is 0 Å². The number of nitrogens with one attached hydrogen (secondary N) is 1. The summed E-state index contributed by atoms with van der Waals surface area (Å²) >= 11 is 0. The van der Waals surface area contributed by atoms with Gasteiger partial charge in [0.15, 0.2) is 0 Å². The van der Waals surface area contributed by atoms with E-state index in [-0.39, 0.29) is 17.6 Å². The van der Waals surface area contributed by atoms with Gasteiger partial charge in [-0.15, -0.1) is 0 Å². The van der Waals surface area contributed by atoms with Crippen LogP contribution >= 0.6 is 0 Å². The largest absolute Gasteiger partial charge is 0.481 e. The van der Waals surface area contributed by atoms with Crippen LogP contribution in [0.2, 0.25) is 0 Å². The van der Waals surface area contributed by atoms with Crippen molar-refractivity contribution in [3.63, 3.8) is 0 Å². The Kier molecular flexibility index (Phi) is 3.97. The standard InChI is InChI=1S/C14H25NO3/c1-14(2,3)18-7-6-15-12-10-5-4-9(8-10)11(12)13(16)17/h9-12,15H,4-8H2,1-3H3,(H,16,17). The summed E-state index contributed by atoms with van der Waals surface area (Å²) in [6.07, 6.45) is 3.37. The number of rotatable bonds is 5. The molecule has 4 unspecified atom stereocenters. The highest BCUT2D eigenvalue weighted by atomic mass is 16.5. The highest BCUT2D eigenvalue weighted by Crippen LogP contribution is 2.48. The Labute approximate surface area is 109 Å². The lowest BCUT2D eigenvalue weighted by atomic mass is 9.84. The van der Waals surface area contributed by atoms with E-state index in [4.69, 9.17) is 4.74 Å². The second kappa shape index (κ2) is 5.17. The summed E-state index contributed by atoms with van der Waals surface area (Å²) in [5, 5.41) is 12.7. The molecule has 2 rings (SSSR count). The summed E-state index contributed by atoms with van der Waals surface area (Å²) in [6, 6.07) is 0.157. The highest BCUT2D eigenvalue weighted by Gasteiger charge is 2.50.